The Balaban J connectivity index is 1.93. The molecular weight excluding hydrogens is 212 g/mol. The summed E-state index contributed by atoms with van der Waals surface area (Å²) < 4.78 is 6.09. The maximum Gasteiger partial charge on any atom is 0.126 e. The lowest BCUT2D eigenvalue weighted by atomic mass is 9.79. The van der Waals surface area contributed by atoms with Crippen LogP contribution in [-0.4, -0.2) is 22.4 Å². The Morgan fingerprint density at radius 2 is 2.12 bits per heavy atom. The largest absolute Gasteiger partial charge is 0.390 e. The minimum absolute atomic E-state index is 0.0634. The summed E-state index contributed by atoms with van der Waals surface area (Å²) >= 11 is 0. The van der Waals surface area contributed by atoms with Crippen molar-refractivity contribution in [2.45, 2.75) is 63.8 Å². The third kappa shape index (κ3) is 1.34. The fourth-order valence-electron chi connectivity index (χ4n) is 4.57. The molecule has 3 fully saturated rings. The molecule has 17 heavy (non-hydrogen) atoms. The van der Waals surface area contributed by atoms with E-state index in [0.717, 1.165) is 19.3 Å². The molecule has 3 aliphatic rings. The zero-order valence-electron chi connectivity index (χ0n) is 11.2. The van der Waals surface area contributed by atoms with Crippen molar-refractivity contribution in [2.24, 2.45) is 17.8 Å². The molecule has 2 nitrogen and oxygen atoms in total. The number of epoxide rings is 1. The van der Waals surface area contributed by atoms with E-state index < -0.39 is 0 Å². The molecule has 1 saturated heterocycles. The number of aliphatic hydroxyl groups is 1. The highest BCUT2D eigenvalue weighted by Gasteiger charge is 2.77. The number of aliphatic hydroxyl groups excluding tert-OH is 1. The molecule has 0 amide bonds. The van der Waals surface area contributed by atoms with Gasteiger partial charge in [-0.15, -0.1) is 0 Å². The molecule has 1 N–H and O–H groups in total. The molecule has 0 aromatic carbocycles. The highest BCUT2D eigenvalue weighted by atomic mass is 16.6. The smallest absolute Gasteiger partial charge is 0.126 e. The zero-order chi connectivity index (χ0) is 12.4. The Bertz CT molecular complexity index is 364. The maximum atomic E-state index is 10.4. The van der Waals surface area contributed by atoms with Gasteiger partial charge in [0, 0.05) is 0 Å². The summed E-state index contributed by atoms with van der Waals surface area (Å²) in [6, 6.07) is 0. The molecule has 3 rings (SSSR count). The summed E-state index contributed by atoms with van der Waals surface area (Å²) in [6.45, 7) is 10.7. The van der Waals surface area contributed by atoms with Crippen molar-refractivity contribution in [3.8, 4) is 0 Å². The average molecular weight is 236 g/mol. The SMILES string of the molecule is C=C(C)[C@@H]1CC[C@]2(C)O[C@@]23[C@H](O)C[C@H](C)[C@@H]3C1. The standard InChI is InChI=1S/C15H24O2/c1-9(2)11-5-6-14(4)15(17-14)12(8-11)10(3)7-13(15)16/h10-13,16H,1,5-8H2,2-4H3/t10-,11+,12-,13+,14-,15-/m0/s1. The topological polar surface area (TPSA) is 32.8 Å². The lowest BCUT2D eigenvalue weighted by Crippen LogP contribution is -2.36. The molecule has 1 heterocycles. The Kier molecular flexibility index (Phi) is 2.32. The van der Waals surface area contributed by atoms with Crippen molar-refractivity contribution in [3.05, 3.63) is 12.2 Å². The molecule has 0 bridgehead atoms. The summed E-state index contributed by atoms with van der Waals surface area (Å²) in [5, 5.41) is 10.4. The van der Waals surface area contributed by atoms with Gasteiger partial charge in [-0.1, -0.05) is 19.1 Å². The average Bonchev–Trinajstić information content (AvgIpc) is 2.79. The first-order valence-electron chi connectivity index (χ1n) is 6.94. The summed E-state index contributed by atoms with van der Waals surface area (Å²) in [4.78, 5) is 0. The van der Waals surface area contributed by atoms with Crippen LogP contribution in [0.5, 0.6) is 0 Å². The van der Waals surface area contributed by atoms with Crippen LogP contribution in [0.15, 0.2) is 12.2 Å². The summed E-state index contributed by atoms with van der Waals surface area (Å²) in [5.41, 5.74) is 1.03. The van der Waals surface area contributed by atoms with Gasteiger partial charge in [-0.25, -0.2) is 0 Å². The van der Waals surface area contributed by atoms with E-state index in [1.807, 2.05) is 0 Å². The van der Waals surface area contributed by atoms with Crippen LogP contribution in [0.3, 0.4) is 0 Å². The first-order valence-corrected chi connectivity index (χ1v) is 6.94. The van der Waals surface area contributed by atoms with Crippen LogP contribution in [0, 0.1) is 17.8 Å². The van der Waals surface area contributed by atoms with Gasteiger partial charge in [0.2, 0.25) is 0 Å². The summed E-state index contributed by atoms with van der Waals surface area (Å²) in [7, 11) is 0. The lowest BCUT2D eigenvalue weighted by molar-refractivity contribution is 0.0743. The second kappa shape index (κ2) is 3.36. The van der Waals surface area contributed by atoms with Crippen LogP contribution >= 0.6 is 0 Å². The van der Waals surface area contributed by atoms with Crippen molar-refractivity contribution in [1.29, 1.82) is 0 Å². The van der Waals surface area contributed by atoms with Crippen molar-refractivity contribution >= 4 is 0 Å². The van der Waals surface area contributed by atoms with Crippen molar-refractivity contribution in [1.82, 2.24) is 0 Å². The van der Waals surface area contributed by atoms with E-state index in [0.29, 0.717) is 17.8 Å². The van der Waals surface area contributed by atoms with E-state index in [-0.39, 0.29) is 17.3 Å². The van der Waals surface area contributed by atoms with Gasteiger partial charge in [-0.05, 0) is 57.3 Å². The highest BCUT2D eigenvalue weighted by molar-refractivity contribution is 5.26. The number of rotatable bonds is 1. The van der Waals surface area contributed by atoms with Crippen molar-refractivity contribution < 1.29 is 9.84 Å². The minimum atomic E-state index is -0.253. The van der Waals surface area contributed by atoms with Gasteiger partial charge in [-0.2, -0.15) is 0 Å². The Morgan fingerprint density at radius 3 is 2.76 bits per heavy atom. The molecule has 0 aromatic heterocycles. The van der Waals surface area contributed by atoms with Crippen LogP contribution in [0.25, 0.3) is 0 Å². The predicted octanol–water partition coefficient (Wildman–Crippen LogP) is 2.91. The van der Waals surface area contributed by atoms with Gasteiger partial charge >= 0.3 is 0 Å². The molecule has 1 aliphatic heterocycles. The van der Waals surface area contributed by atoms with Crippen LogP contribution < -0.4 is 0 Å². The van der Waals surface area contributed by atoms with E-state index in [1.54, 1.807) is 0 Å². The second-order valence-electron chi connectivity index (χ2n) is 6.78. The van der Waals surface area contributed by atoms with Gasteiger partial charge in [-0.3, -0.25) is 0 Å². The molecule has 0 radical (unpaired) electrons. The molecule has 6 atom stereocenters. The van der Waals surface area contributed by atoms with Gasteiger partial charge in [0.25, 0.3) is 0 Å². The monoisotopic (exact) mass is 236 g/mol. The third-order valence-corrected chi connectivity index (χ3v) is 5.71. The molecule has 0 aromatic rings. The summed E-state index contributed by atoms with van der Waals surface area (Å²) in [6.07, 6.45) is 4.05. The normalized spacial score (nSPS) is 56.9. The van der Waals surface area contributed by atoms with Crippen molar-refractivity contribution in [3.63, 3.8) is 0 Å². The molecule has 0 unspecified atom stereocenters. The number of ether oxygens (including phenoxy) is 1. The number of hydrogen-bond acceptors (Lipinski definition) is 2. The van der Waals surface area contributed by atoms with Crippen LogP contribution in [0.1, 0.15) is 46.5 Å². The Labute approximate surface area is 104 Å². The predicted molar refractivity (Wildman–Crippen MR) is 67.7 cm³/mol. The highest BCUT2D eigenvalue weighted by Crippen LogP contribution is 2.67. The molecule has 2 heteroatoms. The fourth-order valence-corrected chi connectivity index (χ4v) is 4.57. The first kappa shape index (κ1) is 11.7. The maximum absolute atomic E-state index is 10.4. The van der Waals surface area contributed by atoms with Crippen LogP contribution in [0.4, 0.5) is 0 Å². The number of hydrogen-bond donors (Lipinski definition) is 1. The van der Waals surface area contributed by atoms with Gasteiger partial charge < -0.3 is 9.84 Å². The molecule has 2 saturated carbocycles. The van der Waals surface area contributed by atoms with E-state index >= 15 is 0 Å². The second-order valence-corrected chi connectivity index (χ2v) is 6.78. The van der Waals surface area contributed by atoms with Crippen LogP contribution in [-0.2, 0) is 4.74 Å². The van der Waals surface area contributed by atoms with Crippen LogP contribution in [0.2, 0.25) is 0 Å². The van der Waals surface area contributed by atoms with Gasteiger partial charge in [0.05, 0.1) is 11.7 Å². The Hall–Kier alpha value is -0.340. The third-order valence-electron chi connectivity index (χ3n) is 5.71. The van der Waals surface area contributed by atoms with E-state index in [9.17, 15) is 5.11 Å². The van der Waals surface area contributed by atoms with E-state index in [4.69, 9.17) is 4.74 Å². The van der Waals surface area contributed by atoms with Crippen molar-refractivity contribution in [2.75, 3.05) is 0 Å². The lowest BCUT2D eigenvalue weighted by Gasteiger charge is -2.24. The molecular formula is C15H24O2. The molecule has 1 spiro atoms. The summed E-state index contributed by atoms with van der Waals surface area (Å²) in [5.74, 6) is 1.72. The van der Waals surface area contributed by atoms with Gasteiger partial charge in [0.1, 0.15) is 5.60 Å². The Morgan fingerprint density at radius 1 is 1.41 bits per heavy atom. The zero-order valence-corrected chi connectivity index (χ0v) is 11.2. The van der Waals surface area contributed by atoms with Gasteiger partial charge in [0.15, 0.2) is 0 Å². The van der Waals surface area contributed by atoms with E-state index in [1.165, 1.54) is 12.0 Å². The number of allylic oxidation sites excluding steroid dienone is 1. The van der Waals surface area contributed by atoms with E-state index in [2.05, 4.69) is 27.4 Å². The first-order chi connectivity index (χ1) is 7.91. The molecule has 2 aliphatic carbocycles. The quantitative estimate of drug-likeness (QED) is 0.561. The fraction of sp³-hybridized carbons (Fsp3) is 0.867. The molecule has 96 valence electrons. The minimum Gasteiger partial charge on any atom is -0.390 e.